The quantitative estimate of drug-likeness (QED) is 0.163. The molecule has 0 unspecified atom stereocenters. The zero-order chi connectivity index (χ0) is 26.9. The summed E-state index contributed by atoms with van der Waals surface area (Å²) < 4.78 is 1.55. The molecule has 7 nitrogen and oxygen atoms in total. The number of rotatable bonds is 8. The molecule has 190 valence electrons. The Balaban J connectivity index is 1.56. The van der Waals surface area contributed by atoms with E-state index in [9.17, 15) is 14.7 Å². The van der Waals surface area contributed by atoms with E-state index in [0.29, 0.717) is 28.7 Å². The average Bonchev–Trinajstić information content (AvgIpc) is 2.91. The van der Waals surface area contributed by atoms with E-state index in [1.54, 1.807) is 48.5 Å². The van der Waals surface area contributed by atoms with Crippen molar-refractivity contribution < 1.29 is 14.7 Å². The fourth-order valence-electron chi connectivity index (χ4n) is 3.58. The minimum atomic E-state index is -0.389. The van der Waals surface area contributed by atoms with E-state index in [4.69, 9.17) is 0 Å². The normalized spacial score (nSPS) is 11.1. The van der Waals surface area contributed by atoms with Gasteiger partial charge in [0.25, 0.3) is 11.8 Å². The minimum absolute atomic E-state index is 0.0947. The Morgan fingerprint density at radius 1 is 0.684 bits per heavy atom. The number of halogens is 2. The van der Waals surface area contributed by atoms with Crippen molar-refractivity contribution in [1.82, 2.24) is 10.9 Å². The average molecular weight is 634 g/mol. The predicted octanol–water partition coefficient (Wildman–Crippen LogP) is 6.04. The highest BCUT2D eigenvalue weighted by Gasteiger charge is 2.10. The van der Waals surface area contributed by atoms with Crippen LogP contribution in [0.4, 0.5) is 0 Å². The summed E-state index contributed by atoms with van der Waals surface area (Å²) in [5.74, 6) is -0.873. The third kappa shape index (κ3) is 7.47. The minimum Gasteiger partial charge on any atom is -0.507 e. The lowest BCUT2D eigenvalue weighted by Gasteiger charge is -2.09. The number of hydrogen-bond acceptors (Lipinski definition) is 5. The number of carbonyl (C=O) groups is 2. The second-order valence-electron chi connectivity index (χ2n) is 8.20. The van der Waals surface area contributed by atoms with Crippen LogP contribution in [0.15, 0.2) is 110 Å². The first-order valence-corrected chi connectivity index (χ1v) is 13.1. The molecule has 38 heavy (non-hydrogen) atoms. The van der Waals surface area contributed by atoms with Gasteiger partial charge in [-0.2, -0.15) is 10.2 Å². The molecule has 2 amide bonds. The van der Waals surface area contributed by atoms with Crippen LogP contribution in [0.25, 0.3) is 0 Å². The summed E-state index contributed by atoms with van der Waals surface area (Å²) in [6, 6.07) is 27.3. The molecular formula is C29H22Br2N4O3. The van der Waals surface area contributed by atoms with Gasteiger partial charge in [0, 0.05) is 31.2 Å². The Kier molecular flexibility index (Phi) is 9.18. The lowest BCUT2D eigenvalue weighted by atomic mass is 9.99. The maximum atomic E-state index is 12.4. The Labute approximate surface area is 236 Å². The summed E-state index contributed by atoms with van der Waals surface area (Å²) in [6.45, 7) is 0. The second-order valence-corrected chi connectivity index (χ2v) is 10.0. The van der Waals surface area contributed by atoms with Crippen LogP contribution < -0.4 is 10.9 Å². The standard InChI is InChI=1S/C29H22Br2N4O3/c30-25-10-4-8-21(15-25)28(37)34-32-17-23-13-20(12-19-6-2-1-3-7-19)14-24(27(23)36)18-33-35-29(38)22-9-5-11-26(31)16-22/h1-11,13-18,36H,12H2,(H,34,37)(H,35,38)/b32-17-,33-18-. The first-order chi connectivity index (χ1) is 18.4. The first kappa shape index (κ1) is 27.0. The number of phenols is 1. The number of aromatic hydroxyl groups is 1. The van der Waals surface area contributed by atoms with E-state index in [-0.39, 0.29) is 17.6 Å². The first-order valence-electron chi connectivity index (χ1n) is 11.5. The van der Waals surface area contributed by atoms with Crippen molar-refractivity contribution in [1.29, 1.82) is 0 Å². The molecule has 4 rings (SSSR count). The van der Waals surface area contributed by atoms with Gasteiger partial charge in [-0.15, -0.1) is 0 Å². The molecule has 0 aliphatic heterocycles. The van der Waals surface area contributed by atoms with Crippen molar-refractivity contribution in [3.8, 4) is 5.75 Å². The summed E-state index contributed by atoms with van der Waals surface area (Å²) in [6.07, 6.45) is 3.34. The molecule has 0 saturated heterocycles. The zero-order valence-corrected chi connectivity index (χ0v) is 23.1. The summed E-state index contributed by atoms with van der Waals surface area (Å²) in [5, 5.41) is 19.0. The summed E-state index contributed by atoms with van der Waals surface area (Å²) in [5.41, 5.74) is 8.55. The zero-order valence-electron chi connectivity index (χ0n) is 19.9. The molecule has 0 fully saturated rings. The van der Waals surface area contributed by atoms with Crippen LogP contribution >= 0.6 is 31.9 Å². The highest BCUT2D eigenvalue weighted by molar-refractivity contribution is 9.10. The van der Waals surface area contributed by atoms with E-state index in [0.717, 1.165) is 20.1 Å². The smallest absolute Gasteiger partial charge is 0.271 e. The Hall–Kier alpha value is -4.08. The van der Waals surface area contributed by atoms with Crippen molar-refractivity contribution in [2.24, 2.45) is 10.2 Å². The van der Waals surface area contributed by atoms with Gasteiger partial charge < -0.3 is 5.11 Å². The monoisotopic (exact) mass is 632 g/mol. The van der Waals surface area contributed by atoms with E-state index in [1.165, 1.54) is 12.4 Å². The molecule has 4 aromatic carbocycles. The van der Waals surface area contributed by atoms with Gasteiger partial charge in [-0.3, -0.25) is 9.59 Å². The fraction of sp³-hybridized carbons (Fsp3) is 0.0345. The third-order valence-electron chi connectivity index (χ3n) is 5.39. The van der Waals surface area contributed by atoms with Crippen LogP contribution in [0.3, 0.4) is 0 Å². The van der Waals surface area contributed by atoms with Gasteiger partial charge in [-0.05, 0) is 66.1 Å². The Morgan fingerprint density at radius 3 is 1.66 bits per heavy atom. The molecule has 3 N–H and O–H groups in total. The Morgan fingerprint density at radius 2 is 1.18 bits per heavy atom. The van der Waals surface area contributed by atoms with Crippen LogP contribution in [0.2, 0.25) is 0 Å². The SMILES string of the molecule is O=C(N/N=C\c1cc(Cc2ccccc2)cc(/C=N\NC(=O)c2cccc(Br)c2)c1O)c1cccc(Br)c1. The molecule has 4 aromatic rings. The molecule has 0 aliphatic rings. The molecular weight excluding hydrogens is 612 g/mol. The highest BCUT2D eigenvalue weighted by Crippen LogP contribution is 2.24. The molecule has 9 heteroatoms. The van der Waals surface area contributed by atoms with Crippen LogP contribution in [0.1, 0.15) is 43.0 Å². The lowest BCUT2D eigenvalue weighted by Crippen LogP contribution is -2.17. The van der Waals surface area contributed by atoms with Crippen LogP contribution in [-0.4, -0.2) is 29.4 Å². The van der Waals surface area contributed by atoms with Gasteiger partial charge in [0.15, 0.2) is 0 Å². The molecule has 0 saturated carbocycles. The van der Waals surface area contributed by atoms with Gasteiger partial charge in [0.1, 0.15) is 5.75 Å². The number of nitrogens with zero attached hydrogens (tertiary/aromatic N) is 2. The largest absolute Gasteiger partial charge is 0.507 e. The van der Waals surface area contributed by atoms with Gasteiger partial charge in [0.2, 0.25) is 0 Å². The highest BCUT2D eigenvalue weighted by atomic mass is 79.9. The van der Waals surface area contributed by atoms with Crippen molar-refractivity contribution in [2.75, 3.05) is 0 Å². The van der Waals surface area contributed by atoms with Crippen molar-refractivity contribution in [2.45, 2.75) is 6.42 Å². The molecule has 0 radical (unpaired) electrons. The third-order valence-corrected chi connectivity index (χ3v) is 6.38. The number of phenolic OH excluding ortho intramolecular Hbond substituents is 1. The number of nitrogens with one attached hydrogen (secondary N) is 2. The molecule has 0 spiro atoms. The summed E-state index contributed by atoms with van der Waals surface area (Å²) >= 11 is 6.68. The van der Waals surface area contributed by atoms with Crippen molar-refractivity contribution in [3.05, 3.63) is 133 Å². The molecule has 0 atom stereocenters. The van der Waals surface area contributed by atoms with Crippen molar-refractivity contribution >= 4 is 56.1 Å². The Bertz CT molecular complexity index is 1430. The lowest BCUT2D eigenvalue weighted by molar-refractivity contribution is 0.0947. The van der Waals surface area contributed by atoms with Crippen molar-refractivity contribution in [3.63, 3.8) is 0 Å². The maximum Gasteiger partial charge on any atom is 0.271 e. The molecule has 0 aromatic heterocycles. The summed E-state index contributed by atoms with van der Waals surface area (Å²) in [7, 11) is 0. The van der Waals surface area contributed by atoms with E-state index in [2.05, 4.69) is 52.9 Å². The number of amides is 2. The second kappa shape index (κ2) is 12.9. The number of hydrogen-bond donors (Lipinski definition) is 3. The van der Waals surface area contributed by atoms with Crippen LogP contribution in [0.5, 0.6) is 5.75 Å². The number of carbonyl (C=O) groups excluding carboxylic acids is 2. The van der Waals surface area contributed by atoms with E-state index >= 15 is 0 Å². The van der Waals surface area contributed by atoms with Crippen LogP contribution in [0, 0.1) is 0 Å². The van der Waals surface area contributed by atoms with E-state index in [1.807, 2.05) is 42.5 Å². The van der Waals surface area contributed by atoms with Gasteiger partial charge >= 0.3 is 0 Å². The maximum absolute atomic E-state index is 12.4. The number of benzene rings is 4. The molecule has 0 aliphatic carbocycles. The predicted molar refractivity (Wildman–Crippen MR) is 156 cm³/mol. The van der Waals surface area contributed by atoms with Gasteiger partial charge in [-0.25, -0.2) is 10.9 Å². The topological polar surface area (TPSA) is 103 Å². The van der Waals surface area contributed by atoms with Gasteiger partial charge in [-0.1, -0.05) is 74.3 Å². The molecule has 0 bridgehead atoms. The summed E-state index contributed by atoms with van der Waals surface area (Å²) in [4.78, 5) is 24.8. The fourth-order valence-corrected chi connectivity index (χ4v) is 4.38. The van der Waals surface area contributed by atoms with Gasteiger partial charge in [0.05, 0.1) is 12.4 Å². The van der Waals surface area contributed by atoms with E-state index < -0.39 is 0 Å². The number of hydrazone groups is 2. The van der Waals surface area contributed by atoms with Crippen LogP contribution in [-0.2, 0) is 6.42 Å². The molecule has 0 heterocycles.